The number of rotatable bonds is 1. The second-order valence-electron chi connectivity index (χ2n) is 3.12. The van der Waals surface area contributed by atoms with Gasteiger partial charge in [-0.25, -0.2) is 0 Å². The molecule has 0 fully saturated rings. The van der Waals surface area contributed by atoms with E-state index in [-0.39, 0.29) is 5.88 Å². The van der Waals surface area contributed by atoms with Gasteiger partial charge in [0.15, 0.2) is 5.69 Å². The number of fused-ring (bicyclic) bond motifs is 1. The van der Waals surface area contributed by atoms with Crippen LogP contribution >= 0.6 is 0 Å². The lowest BCUT2D eigenvalue weighted by molar-refractivity contribution is 0.459. The van der Waals surface area contributed by atoms with Gasteiger partial charge in [0.25, 0.3) is 0 Å². The van der Waals surface area contributed by atoms with E-state index >= 15 is 0 Å². The van der Waals surface area contributed by atoms with Crippen LogP contribution in [0.4, 0.5) is 5.69 Å². The number of hydrogen-bond donors (Lipinski definition) is 2. The molecule has 72 valence electrons. The zero-order chi connectivity index (χ0) is 10.1. The van der Waals surface area contributed by atoms with Gasteiger partial charge in [0.1, 0.15) is 0 Å². The molecule has 1 aromatic carbocycles. The van der Waals surface area contributed by atoms with Crippen LogP contribution in [0, 0.1) is 6.92 Å². The number of azo groups is 1. The first-order valence-electron chi connectivity index (χ1n) is 4.34. The fraction of sp³-hybridized carbons (Fsp3) is 0.200. The number of nitrogens with zero attached hydrogens (tertiary/aromatic N) is 2. The van der Waals surface area contributed by atoms with Gasteiger partial charge in [0, 0.05) is 12.4 Å². The molecule has 2 rings (SSSR count). The highest BCUT2D eigenvalue weighted by Gasteiger charge is 2.10. The smallest absolute Gasteiger partial charge is 0.218 e. The number of aromatic nitrogens is 1. The van der Waals surface area contributed by atoms with E-state index in [0.717, 1.165) is 16.5 Å². The van der Waals surface area contributed by atoms with Crippen molar-refractivity contribution in [2.24, 2.45) is 10.2 Å². The Morgan fingerprint density at radius 1 is 1.36 bits per heavy atom. The molecule has 0 atom stereocenters. The number of aromatic amines is 1. The molecule has 0 unspecified atom stereocenters. The van der Waals surface area contributed by atoms with Crippen molar-refractivity contribution < 1.29 is 5.11 Å². The Balaban J connectivity index is 2.83. The molecule has 0 saturated heterocycles. The molecule has 1 aromatic heterocycles. The average molecular weight is 189 g/mol. The molecule has 4 nitrogen and oxygen atoms in total. The SMILES string of the molecule is CN=Nc1c(O)[nH]c2c(C)cccc12. The topological polar surface area (TPSA) is 60.7 Å². The van der Waals surface area contributed by atoms with Crippen LogP contribution in [0.15, 0.2) is 28.4 Å². The van der Waals surface area contributed by atoms with Crippen molar-refractivity contribution in [2.45, 2.75) is 6.92 Å². The standard InChI is InChI=1S/C10H11N3O/c1-6-4-3-5-7-8(6)12-10(14)9(7)13-11-2/h3-5,12,14H,1-2H3. The van der Waals surface area contributed by atoms with E-state index in [1.165, 1.54) is 0 Å². The summed E-state index contributed by atoms with van der Waals surface area (Å²) < 4.78 is 0. The number of benzene rings is 1. The van der Waals surface area contributed by atoms with Crippen LogP contribution < -0.4 is 0 Å². The minimum atomic E-state index is 0.0694. The lowest BCUT2D eigenvalue weighted by Gasteiger charge is -1.93. The molecule has 14 heavy (non-hydrogen) atoms. The maximum absolute atomic E-state index is 9.58. The molecule has 0 bridgehead atoms. The molecule has 0 spiro atoms. The minimum Gasteiger partial charge on any atom is -0.493 e. The van der Waals surface area contributed by atoms with Crippen molar-refractivity contribution >= 4 is 16.6 Å². The Morgan fingerprint density at radius 2 is 2.14 bits per heavy atom. The Morgan fingerprint density at radius 3 is 2.86 bits per heavy atom. The third-order valence-electron chi connectivity index (χ3n) is 2.20. The van der Waals surface area contributed by atoms with Crippen molar-refractivity contribution in [3.8, 4) is 5.88 Å². The molecule has 2 aromatic rings. The van der Waals surface area contributed by atoms with Crippen LogP contribution in [0.5, 0.6) is 5.88 Å². The number of para-hydroxylation sites is 1. The van der Waals surface area contributed by atoms with E-state index in [4.69, 9.17) is 0 Å². The summed E-state index contributed by atoms with van der Waals surface area (Å²) in [6.07, 6.45) is 0. The van der Waals surface area contributed by atoms with Gasteiger partial charge in [-0.2, -0.15) is 5.11 Å². The van der Waals surface area contributed by atoms with E-state index in [2.05, 4.69) is 15.2 Å². The fourth-order valence-corrected chi connectivity index (χ4v) is 1.54. The first-order chi connectivity index (χ1) is 6.74. The Bertz CT molecular complexity index is 499. The Kier molecular flexibility index (Phi) is 1.96. The predicted molar refractivity (Wildman–Crippen MR) is 55.1 cm³/mol. The third-order valence-corrected chi connectivity index (χ3v) is 2.20. The van der Waals surface area contributed by atoms with E-state index < -0.39 is 0 Å². The molecule has 1 heterocycles. The summed E-state index contributed by atoms with van der Waals surface area (Å²) in [5, 5.41) is 18.0. The summed E-state index contributed by atoms with van der Waals surface area (Å²) >= 11 is 0. The quantitative estimate of drug-likeness (QED) is 0.665. The highest BCUT2D eigenvalue weighted by atomic mass is 16.3. The largest absolute Gasteiger partial charge is 0.493 e. The summed E-state index contributed by atoms with van der Waals surface area (Å²) in [7, 11) is 1.58. The third kappa shape index (κ3) is 1.16. The maximum Gasteiger partial charge on any atom is 0.218 e. The van der Waals surface area contributed by atoms with Crippen molar-refractivity contribution in [2.75, 3.05) is 7.05 Å². The van der Waals surface area contributed by atoms with Crippen LogP contribution in [-0.4, -0.2) is 17.1 Å². The molecule has 4 heteroatoms. The van der Waals surface area contributed by atoms with Gasteiger partial charge in [0.05, 0.1) is 5.52 Å². The van der Waals surface area contributed by atoms with E-state index in [1.54, 1.807) is 7.05 Å². The first-order valence-corrected chi connectivity index (χ1v) is 4.34. The van der Waals surface area contributed by atoms with Crippen molar-refractivity contribution in [3.63, 3.8) is 0 Å². The van der Waals surface area contributed by atoms with Crippen molar-refractivity contribution in [1.82, 2.24) is 4.98 Å². The zero-order valence-electron chi connectivity index (χ0n) is 8.07. The van der Waals surface area contributed by atoms with Crippen LogP contribution in [0.2, 0.25) is 0 Å². The van der Waals surface area contributed by atoms with Gasteiger partial charge in [0.2, 0.25) is 5.88 Å². The number of aryl methyl sites for hydroxylation is 1. The summed E-state index contributed by atoms with van der Waals surface area (Å²) in [6.45, 7) is 1.98. The number of nitrogens with one attached hydrogen (secondary N) is 1. The highest BCUT2D eigenvalue weighted by Crippen LogP contribution is 2.36. The normalized spacial score (nSPS) is 11.6. The van der Waals surface area contributed by atoms with E-state index in [1.807, 2.05) is 25.1 Å². The lowest BCUT2D eigenvalue weighted by atomic mass is 10.1. The summed E-state index contributed by atoms with van der Waals surface area (Å²) in [5.41, 5.74) is 2.49. The van der Waals surface area contributed by atoms with Gasteiger partial charge >= 0.3 is 0 Å². The lowest BCUT2D eigenvalue weighted by Crippen LogP contribution is -1.73. The second kappa shape index (κ2) is 3.14. The molecule has 0 radical (unpaired) electrons. The Hall–Kier alpha value is -1.84. The van der Waals surface area contributed by atoms with Crippen LogP contribution in [-0.2, 0) is 0 Å². The summed E-state index contributed by atoms with van der Waals surface area (Å²) in [6, 6.07) is 5.81. The molecule has 0 saturated carbocycles. The predicted octanol–water partition coefficient (Wildman–Crippen LogP) is 2.90. The van der Waals surface area contributed by atoms with Gasteiger partial charge in [-0.1, -0.05) is 18.2 Å². The number of aromatic hydroxyl groups is 1. The van der Waals surface area contributed by atoms with Gasteiger partial charge < -0.3 is 10.1 Å². The average Bonchev–Trinajstić information content (AvgIpc) is 2.47. The molecular formula is C10H11N3O. The molecule has 0 aliphatic carbocycles. The molecule has 0 aliphatic rings. The first kappa shape index (κ1) is 8.74. The minimum absolute atomic E-state index is 0.0694. The van der Waals surface area contributed by atoms with Crippen molar-refractivity contribution in [1.29, 1.82) is 0 Å². The van der Waals surface area contributed by atoms with Crippen LogP contribution in [0.3, 0.4) is 0 Å². The fourth-order valence-electron chi connectivity index (χ4n) is 1.54. The van der Waals surface area contributed by atoms with Crippen molar-refractivity contribution in [3.05, 3.63) is 23.8 Å². The van der Waals surface area contributed by atoms with Crippen LogP contribution in [0.1, 0.15) is 5.56 Å². The summed E-state index contributed by atoms with van der Waals surface area (Å²) in [5.74, 6) is 0.0694. The van der Waals surface area contributed by atoms with Gasteiger partial charge in [-0.05, 0) is 12.5 Å². The van der Waals surface area contributed by atoms with E-state index in [9.17, 15) is 5.11 Å². The van der Waals surface area contributed by atoms with Gasteiger partial charge in [-0.15, -0.1) is 5.11 Å². The monoisotopic (exact) mass is 189 g/mol. The van der Waals surface area contributed by atoms with Gasteiger partial charge in [-0.3, -0.25) is 0 Å². The summed E-state index contributed by atoms with van der Waals surface area (Å²) in [4.78, 5) is 2.88. The molecule has 0 amide bonds. The second-order valence-corrected chi connectivity index (χ2v) is 3.12. The zero-order valence-corrected chi connectivity index (χ0v) is 8.07. The molecular weight excluding hydrogens is 178 g/mol. The number of H-pyrrole nitrogens is 1. The molecule has 0 aliphatic heterocycles. The molecule has 2 N–H and O–H groups in total. The maximum atomic E-state index is 9.58. The number of hydrogen-bond acceptors (Lipinski definition) is 3. The Labute approximate surface area is 81.3 Å². The van der Waals surface area contributed by atoms with E-state index in [0.29, 0.717) is 5.69 Å². The van der Waals surface area contributed by atoms with Crippen LogP contribution in [0.25, 0.3) is 10.9 Å². The highest BCUT2D eigenvalue weighted by molar-refractivity contribution is 5.95.